The van der Waals surface area contributed by atoms with E-state index >= 15 is 0 Å². The van der Waals surface area contributed by atoms with Crippen LogP contribution in [0.4, 0.5) is 0 Å². The Balaban J connectivity index is 2.56. The van der Waals surface area contributed by atoms with E-state index in [2.05, 4.69) is 13.8 Å². The third-order valence-corrected chi connectivity index (χ3v) is 4.50. The molecule has 0 amide bonds. The van der Waals surface area contributed by atoms with Crippen LogP contribution in [0.1, 0.15) is 66.7 Å². The lowest BCUT2D eigenvalue weighted by Gasteiger charge is -2.38. The molecule has 0 heterocycles. The molecule has 0 aromatic heterocycles. The van der Waals surface area contributed by atoms with Gasteiger partial charge in [-0.15, -0.1) is 0 Å². The summed E-state index contributed by atoms with van der Waals surface area (Å²) in [7, 11) is 0. The van der Waals surface area contributed by atoms with Gasteiger partial charge in [0.2, 0.25) is 0 Å². The molecule has 1 rings (SSSR count). The third-order valence-electron chi connectivity index (χ3n) is 4.50. The molecule has 0 aromatic carbocycles. The van der Waals surface area contributed by atoms with E-state index in [1.807, 2.05) is 20.8 Å². The van der Waals surface area contributed by atoms with Gasteiger partial charge in [0.25, 0.3) is 0 Å². The topological polar surface area (TPSA) is 46.5 Å². The highest BCUT2D eigenvalue weighted by molar-refractivity contribution is 5.74. The van der Waals surface area contributed by atoms with Crippen LogP contribution in [-0.4, -0.2) is 23.3 Å². The number of carboxylic acid groups (broad SMARTS) is 1. The first-order valence-electron chi connectivity index (χ1n) is 7.54. The number of carbonyl (C=O) groups is 1. The molecular formula is C16H30O3. The summed E-state index contributed by atoms with van der Waals surface area (Å²) < 4.78 is 5.72. The monoisotopic (exact) mass is 270 g/mol. The van der Waals surface area contributed by atoms with Gasteiger partial charge in [-0.3, -0.25) is 4.79 Å². The van der Waals surface area contributed by atoms with E-state index in [0.29, 0.717) is 24.9 Å². The van der Waals surface area contributed by atoms with Gasteiger partial charge in [-0.25, -0.2) is 0 Å². The summed E-state index contributed by atoms with van der Waals surface area (Å²) in [4.78, 5) is 11.7. The predicted octanol–water partition coefficient (Wildman–Crippen LogP) is 4.11. The molecule has 0 spiro atoms. The van der Waals surface area contributed by atoms with Crippen LogP contribution >= 0.6 is 0 Å². The fraction of sp³-hybridized carbons (Fsp3) is 0.938. The number of ether oxygens (including phenoxy) is 1. The Morgan fingerprint density at radius 1 is 1.32 bits per heavy atom. The van der Waals surface area contributed by atoms with E-state index < -0.39 is 11.4 Å². The van der Waals surface area contributed by atoms with E-state index in [4.69, 9.17) is 4.74 Å². The van der Waals surface area contributed by atoms with Crippen molar-refractivity contribution in [3.8, 4) is 0 Å². The maximum Gasteiger partial charge on any atom is 0.309 e. The van der Waals surface area contributed by atoms with E-state index in [9.17, 15) is 9.90 Å². The molecule has 112 valence electrons. The van der Waals surface area contributed by atoms with Crippen molar-refractivity contribution in [1.82, 2.24) is 0 Å². The molecule has 1 N–H and O–H groups in total. The Morgan fingerprint density at radius 3 is 2.21 bits per heavy atom. The molecule has 3 nitrogen and oxygen atoms in total. The van der Waals surface area contributed by atoms with E-state index in [1.54, 1.807) is 0 Å². The van der Waals surface area contributed by atoms with Gasteiger partial charge in [0.05, 0.1) is 11.0 Å². The summed E-state index contributed by atoms with van der Waals surface area (Å²) in [6.07, 6.45) is 4.33. The van der Waals surface area contributed by atoms with Crippen LogP contribution in [0, 0.1) is 17.3 Å². The second-order valence-corrected chi connectivity index (χ2v) is 7.38. The minimum atomic E-state index is -0.632. The number of hydrogen-bond acceptors (Lipinski definition) is 2. The molecular weight excluding hydrogens is 240 g/mol. The van der Waals surface area contributed by atoms with Crippen molar-refractivity contribution in [2.24, 2.45) is 17.3 Å². The van der Waals surface area contributed by atoms with Crippen molar-refractivity contribution in [3.63, 3.8) is 0 Å². The highest BCUT2D eigenvalue weighted by atomic mass is 16.5. The molecule has 1 aliphatic carbocycles. The lowest BCUT2D eigenvalue weighted by Crippen LogP contribution is -2.38. The molecule has 0 unspecified atom stereocenters. The maximum absolute atomic E-state index is 11.7. The SMILES string of the molecule is CC(C)C1CCC(CCOC(C)(C)C)(C(=O)O)CC1. The zero-order chi connectivity index (χ0) is 14.7. The number of carboxylic acids is 1. The molecule has 0 atom stereocenters. The summed E-state index contributed by atoms with van der Waals surface area (Å²) in [5.74, 6) is 0.723. The largest absolute Gasteiger partial charge is 0.481 e. The number of hydrogen-bond donors (Lipinski definition) is 1. The molecule has 0 aliphatic heterocycles. The number of aliphatic carboxylic acids is 1. The summed E-state index contributed by atoms with van der Waals surface area (Å²) in [5, 5.41) is 9.59. The predicted molar refractivity (Wildman–Crippen MR) is 77.2 cm³/mol. The molecule has 0 bridgehead atoms. The second kappa shape index (κ2) is 6.25. The summed E-state index contributed by atoms with van der Waals surface area (Å²) in [5.41, 5.74) is -0.731. The Labute approximate surface area is 117 Å². The lowest BCUT2D eigenvalue weighted by atomic mass is 9.66. The quantitative estimate of drug-likeness (QED) is 0.817. The second-order valence-electron chi connectivity index (χ2n) is 7.38. The molecule has 0 saturated heterocycles. The molecule has 1 aliphatic rings. The van der Waals surface area contributed by atoms with Crippen LogP contribution in [0.3, 0.4) is 0 Å². The standard InChI is InChI=1S/C16H30O3/c1-12(2)13-6-8-16(9-7-13,14(17)18)10-11-19-15(3,4)5/h12-13H,6-11H2,1-5H3,(H,17,18). The van der Waals surface area contributed by atoms with Gasteiger partial charge in [0.15, 0.2) is 0 Å². The van der Waals surface area contributed by atoms with Crippen molar-refractivity contribution < 1.29 is 14.6 Å². The molecule has 3 heteroatoms. The van der Waals surface area contributed by atoms with E-state index in [1.165, 1.54) is 0 Å². The van der Waals surface area contributed by atoms with Crippen molar-refractivity contribution in [2.75, 3.05) is 6.61 Å². The van der Waals surface area contributed by atoms with Crippen LogP contribution in [0.25, 0.3) is 0 Å². The average Bonchev–Trinajstić information content (AvgIpc) is 2.27. The van der Waals surface area contributed by atoms with Crippen molar-refractivity contribution in [2.45, 2.75) is 72.3 Å². The van der Waals surface area contributed by atoms with E-state index in [-0.39, 0.29) is 5.60 Å². The zero-order valence-electron chi connectivity index (χ0n) is 13.2. The smallest absolute Gasteiger partial charge is 0.309 e. The van der Waals surface area contributed by atoms with Crippen molar-refractivity contribution >= 4 is 5.97 Å². The van der Waals surface area contributed by atoms with Gasteiger partial charge in [0, 0.05) is 6.61 Å². The number of rotatable bonds is 5. The minimum Gasteiger partial charge on any atom is -0.481 e. The first-order chi connectivity index (χ1) is 8.66. The summed E-state index contributed by atoms with van der Waals surface area (Å²) in [6.45, 7) is 11.0. The maximum atomic E-state index is 11.7. The normalized spacial score (nSPS) is 28.6. The highest BCUT2D eigenvalue weighted by Gasteiger charge is 2.42. The van der Waals surface area contributed by atoms with Gasteiger partial charge in [0.1, 0.15) is 0 Å². The average molecular weight is 270 g/mol. The Kier molecular flexibility index (Phi) is 5.43. The zero-order valence-corrected chi connectivity index (χ0v) is 13.2. The van der Waals surface area contributed by atoms with Gasteiger partial charge >= 0.3 is 5.97 Å². The van der Waals surface area contributed by atoms with Crippen LogP contribution < -0.4 is 0 Å². The van der Waals surface area contributed by atoms with Gasteiger partial charge in [-0.05, 0) is 64.7 Å². The highest BCUT2D eigenvalue weighted by Crippen LogP contribution is 2.44. The Hall–Kier alpha value is -0.570. The molecule has 19 heavy (non-hydrogen) atoms. The van der Waals surface area contributed by atoms with Crippen LogP contribution in [0.2, 0.25) is 0 Å². The molecule has 0 aromatic rings. The van der Waals surface area contributed by atoms with Gasteiger partial charge < -0.3 is 9.84 Å². The van der Waals surface area contributed by atoms with Crippen LogP contribution in [0.5, 0.6) is 0 Å². The molecule has 1 fully saturated rings. The van der Waals surface area contributed by atoms with Gasteiger partial charge in [-0.1, -0.05) is 13.8 Å². The molecule has 0 radical (unpaired) electrons. The van der Waals surface area contributed by atoms with Gasteiger partial charge in [-0.2, -0.15) is 0 Å². The van der Waals surface area contributed by atoms with Crippen LogP contribution in [-0.2, 0) is 9.53 Å². The Bertz CT molecular complexity index is 294. The third kappa shape index (κ3) is 4.79. The summed E-state index contributed by atoms with van der Waals surface area (Å²) >= 11 is 0. The van der Waals surface area contributed by atoms with E-state index in [0.717, 1.165) is 25.7 Å². The first-order valence-corrected chi connectivity index (χ1v) is 7.54. The fourth-order valence-corrected chi connectivity index (χ4v) is 2.98. The first kappa shape index (κ1) is 16.5. The van der Waals surface area contributed by atoms with Crippen molar-refractivity contribution in [3.05, 3.63) is 0 Å². The Morgan fingerprint density at radius 2 is 1.84 bits per heavy atom. The summed E-state index contributed by atoms with van der Waals surface area (Å²) in [6, 6.07) is 0. The molecule has 1 saturated carbocycles. The lowest BCUT2D eigenvalue weighted by molar-refractivity contribution is -0.154. The fourth-order valence-electron chi connectivity index (χ4n) is 2.98. The van der Waals surface area contributed by atoms with Crippen LogP contribution in [0.15, 0.2) is 0 Å². The van der Waals surface area contributed by atoms with Crippen molar-refractivity contribution in [1.29, 1.82) is 0 Å². The minimum absolute atomic E-state index is 0.186.